The lowest BCUT2D eigenvalue weighted by Crippen LogP contribution is -2.54. The van der Waals surface area contributed by atoms with Crippen molar-refractivity contribution in [1.29, 1.82) is 0 Å². The number of ether oxygens (including phenoxy) is 3. The summed E-state index contributed by atoms with van der Waals surface area (Å²) in [6.45, 7) is 5.21. The molecule has 3 fully saturated rings. The van der Waals surface area contributed by atoms with Gasteiger partial charge in [-0.2, -0.15) is 0 Å². The number of amides is 4. The SMILES string of the molecule is Cc1cc(Nc2ccc3nc(O[C@H]4C[C@H](OC5CCN(CCCOc6ccc7c(c6)C(=O)N(C6CCC(=O)NC6=O)C7=O)CC5)C4)ccc3n2)ccn1. The second kappa shape index (κ2) is 14.9. The number of hydrogen-bond donors (Lipinski definition) is 2. The van der Waals surface area contributed by atoms with Crippen LogP contribution in [0.5, 0.6) is 11.6 Å². The van der Waals surface area contributed by atoms with Crippen molar-refractivity contribution in [2.75, 3.05) is 31.6 Å². The Morgan fingerprint density at radius 1 is 0.849 bits per heavy atom. The summed E-state index contributed by atoms with van der Waals surface area (Å²) in [5.74, 6) is -0.258. The molecule has 0 radical (unpaired) electrons. The van der Waals surface area contributed by atoms with Crippen LogP contribution >= 0.6 is 0 Å². The van der Waals surface area contributed by atoms with Crippen molar-refractivity contribution in [3.8, 4) is 11.6 Å². The summed E-state index contributed by atoms with van der Waals surface area (Å²) in [6, 6.07) is 15.4. The number of carbonyl (C=O) groups excluding carboxylic acids is 4. The summed E-state index contributed by atoms with van der Waals surface area (Å²) in [5, 5.41) is 5.53. The Morgan fingerprint density at radius 3 is 2.45 bits per heavy atom. The molecule has 3 aromatic heterocycles. The van der Waals surface area contributed by atoms with E-state index in [1.54, 1.807) is 24.4 Å². The highest BCUT2D eigenvalue weighted by atomic mass is 16.5. The molecule has 6 heterocycles. The smallest absolute Gasteiger partial charge is 0.262 e. The molecule has 14 nitrogen and oxygen atoms in total. The molecule has 2 N–H and O–H groups in total. The van der Waals surface area contributed by atoms with Crippen LogP contribution in [0.25, 0.3) is 11.0 Å². The highest BCUT2D eigenvalue weighted by Gasteiger charge is 2.44. The van der Waals surface area contributed by atoms with E-state index in [0.29, 0.717) is 18.2 Å². The van der Waals surface area contributed by atoms with Crippen molar-refractivity contribution in [2.45, 2.75) is 76.2 Å². The molecule has 1 aliphatic carbocycles. The van der Waals surface area contributed by atoms with Gasteiger partial charge < -0.3 is 24.4 Å². The molecular weight excluding hydrogens is 678 g/mol. The summed E-state index contributed by atoms with van der Waals surface area (Å²) in [4.78, 5) is 66.8. The maximum atomic E-state index is 13.1. The second-order valence-corrected chi connectivity index (χ2v) is 14.1. The molecule has 8 rings (SSSR count). The van der Waals surface area contributed by atoms with Crippen molar-refractivity contribution < 1.29 is 33.4 Å². The molecule has 53 heavy (non-hydrogen) atoms. The van der Waals surface area contributed by atoms with Crippen LogP contribution in [0.4, 0.5) is 11.5 Å². The monoisotopic (exact) mass is 719 g/mol. The number of nitrogens with zero attached hydrogens (tertiary/aromatic N) is 5. The number of aromatic nitrogens is 3. The van der Waals surface area contributed by atoms with Crippen molar-refractivity contribution in [3.05, 3.63) is 77.6 Å². The number of benzene rings is 1. The zero-order valence-corrected chi connectivity index (χ0v) is 29.5. The fourth-order valence-electron chi connectivity index (χ4n) is 7.35. The van der Waals surface area contributed by atoms with E-state index in [4.69, 9.17) is 14.2 Å². The van der Waals surface area contributed by atoms with Gasteiger partial charge in [0.05, 0.1) is 41.0 Å². The number of pyridine rings is 3. The van der Waals surface area contributed by atoms with Crippen LogP contribution in [-0.4, -0.2) is 99.0 Å². The molecule has 0 bridgehead atoms. The van der Waals surface area contributed by atoms with Gasteiger partial charge in [0.15, 0.2) is 0 Å². The van der Waals surface area contributed by atoms with E-state index < -0.39 is 29.7 Å². The number of aryl methyl sites for hydroxylation is 1. The van der Waals surface area contributed by atoms with E-state index in [9.17, 15) is 19.2 Å². The average molecular weight is 720 g/mol. The first kappa shape index (κ1) is 34.6. The first-order valence-corrected chi connectivity index (χ1v) is 18.3. The maximum absolute atomic E-state index is 13.1. The summed E-state index contributed by atoms with van der Waals surface area (Å²) in [7, 11) is 0. The summed E-state index contributed by atoms with van der Waals surface area (Å²) < 4.78 is 18.5. The average Bonchev–Trinajstić information content (AvgIpc) is 3.38. The van der Waals surface area contributed by atoms with Crippen molar-refractivity contribution in [2.24, 2.45) is 0 Å². The molecule has 274 valence electrons. The van der Waals surface area contributed by atoms with E-state index in [1.165, 1.54) is 0 Å². The van der Waals surface area contributed by atoms with Crippen LogP contribution in [0, 0.1) is 6.92 Å². The molecule has 1 atom stereocenters. The van der Waals surface area contributed by atoms with E-state index in [1.807, 2.05) is 43.3 Å². The van der Waals surface area contributed by atoms with Gasteiger partial charge in [0, 0.05) is 62.5 Å². The number of piperidine rings is 2. The number of fused-ring (bicyclic) bond motifs is 2. The lowest BCUT2D eigenvalue weighted by molar-refractivity contribution is -0.136. The van der Waals surface area contributed by atoms with Gasteiger partial charge in [-0.25, -0.2) is 9.97 Å². The minimum atomic E-state index is -0.988. The third-order valence-electron chi connectivity index (χ3n) is 10.2. The molecule has 3 aliphatic heterocycles. The molecular formula is C39H41N7O7. The van der Waals surface area contributed by atoms with Gasteiger partial charge in [-0.1, -0.05) is 0 Å². The number of hydrogen-bond acceptors (Lipinski definition) is 12. The van der Waals surface area contributed by atoms with Gasteiger partial charge in [0.25, 0.3) is 11.8 Å². The van der Waals surface area contributed by atoms with Crippen LogP contribution in [-0.2, 0) is 14.3 Å². The number of anilines is 2. The molecule has 4 aliphatic rings. The van der Waals surface area contributed by atoms with Gasteiger partial charge >= 0.3 is 0 Å². The summed E-state index contributed by atoms with van der Waals surface area (Å²) in [5.41, 5.74) is 3.89. The quantitative estimate of drug-likeness (QED) is 0.158. The van der Waals surface area contributed by atoms with Gasteiger partial charge in [0.2, 0.25) is 17.7 Å². The third-order valence-corrected chi connectivity index (χ3v) is 10.2. The third kappa shape index (κ3) is 7.69. The maximum Gasteiger partial charge on any atom is 0.262 e. The molecule has 2 saturated heterocycles. The standard InChI is InChI=1S/C39H41N7O7/c1-23-19-24(11-14-40-23)41-34-8-5-32-31(42-34)6-10-36(43-32)53-28-20-27(21-28)52-25-12-16-45(17-13-25)15-2-18-51-26-3-4-29-30(22-26)39(50)46(38(29)49)33-7-9-35(47)44-37(33)48/h3-6,8,10-11,14,19,22,25,27-28,33H,2,7,9,12-13,15-18,20-21H2,1H3,(H,40,41,42)(H,44,47,48)/t27-,28-,33?. The minimum Gasteiger partial charge on any atom is -0.494 e. The number of nitrogens with one attached hydrogen (secondary N) is 2. The Hall–Kier alpha value is -5.47. The Bertz CT molecular complexity index is 2060. The van der Waals surface area contributed by atoms with Crippen LogP contribution < -0.4 is 20.1 Å². The van der Waals surface area contributed by atoms with Crippen molar-refractivity contribution in [1.82, 2.24) is 30.1 Å². The zero-order chi connectivity index (χ0) is 36.5. The Labute approximate surface area is 306 Å². The lowest BCUT2D eigenvalue weighted by atomic mass is 9.91. The van der Waals surface area contributed by atoms with E-state index >= 15 is 0 Å². The molecule has 1 unspecified atom stereocenters. The number of rotatable bonds is 12. The fourth-order valence-corrected chi connectivity index (χ4v) is 7.35. The largest absolute Gasteiger partial charge is 0.494 e. The van der Waals surface area contributed by atoms with Crippen LogP contribution in [0.2, 0.25) is 0 Å². The molecule has 1 aromatic carbocycles. The zero-order valence-electron chi connectivity index (χ0n) is 29.5. The van der Waals surface area contributed by atoms with Crippen molar-refractivity contribution >= 4 is 46.2 Å². The lowest BCUT2D eigenvalue weighted by Gasteiger charge is -2.39. The Morgan fingerprint density at radius 2 is 1.64 bits per heavy atom. The topological polar surface area (TPSA) is 165 Å². The van der Waals surface area contributed by atoms with E-state index in [2.05, 4.69) is 30.5 Å². The Balaban J connectivity index is 0.724. The van der Waals surface area contributed by atoms with Crippen LogP contribution in [0.15, 0.2) is 60.8 Å². The van der Waals surface area contributed by atoms with Gasteiger partial charge in [-0.15, -0.1) is 0 Å². The van der Waals surface area contributed by atoms with Crippen LogP contribution in [0.1, 0.15) is 71.4 Å². The highest BCUT2D eigenvalue weighted by Crippen LogP contribution is 2.32. The first-order chi connectivity index (χ1) is 25.8. The molecule has 4 amide bonds. The molecule has 1 saturated carbocycles. The molecule has 0 spiro atoms. The number of likely N-dealkylation sites (tertiary alicyclic amines) is 1. The fraction of sp³-hybridized carbons (Fsp3) is 0.410. The first-order valence-electron chi connectivity index (χ1n) is 18.3. The minimum absolute atomic E-state index is 0.0817. The van der Waals surface area contributed by atoms with E-state index in [0.717, 1.165) is 84.9 Å². The molecule has 4 aromatic rings. The normalized spacial score (nSPS) is 22.1. The Kier molecular flexibility index (Phi) is 9.71. The van der Waals surface area contributed by atoms with E-state index in [-0.39, 0.29) is 42.3 Å². The summed E-state index contributed by atoms with van der Waals surface area (Å²) >= 11 is 0. The van der Waals surface area contributed by atoms with Crippen molar-refractivity contribution in [3.63, 3.8) is 0 Å². The number of carbonyl (C=O) groups is 4. The van der Waals surface area contributed by atoms with Crippen LogP contribution in [0.3, 0.4) is 0 Å². The van der Waals surface area contributed by atoms with Gasteiger partial charge in [-0.05, 0) is 81.1 Å². The molecule has 14 heteroatoms. The predicted molar refractivity (Wildman–Crippen MR) is 193 cm³/mol. The predicted octanol–water partition coefficient (Wildman–Crippen LogP) is 4.34. The highest BCUT2D eigenvalue weighted by molar-refractivity contribution is 6.23. The summed E-state index contributed by atoms with van der Waals surface area (Å²) in [6.07, 6.45) is 6.95. The van der Waals surface area contributed by atoms with Gasteiger partial charge in [-0.3, -0.25) is 34.4 Å². The number of imide groups is 2. The van der Waals surface area contributed by atoms with Gasteiger partial charge in [0.1, 0.15) is 23.7 Å². The second-order valence-electron chi connectivity index (χ2n) is 14.1.